The van der Waals surface area contributed by atoms with Crippen molar-refractivity contribution in [3.8, 4) is 0 Å². The highest BCUT2D eigenvalue weighted by molar-refractivity contribution is 5.79. The fraction of sp³-hybridized carbons (Fsp3) is 0.800. The molecule has 20 heavy (non-hydrogen) atoms. The molecule has 1 saturated heterocycles. The Morgan fingerprint density at radius 3 is 2.15 bits per heavy atom. The van der Waals surface area contributed by atoms with E-state index in [9.17, 15) is 24.9 Å². The standard InChI is InChI=1S/C10H16O10/c11-2-4-6(14)7(15)8(16)10(20-4)19-3(9(17)18)1-5(12)13/h3-4,6-8,10-11,14-16H,1-2H2,(H,12,13)(H,17,18)/t3-,4?,6-,7-,8?,10-/m0/s1. The van der Waals surface area contributed by atoms with Crippen molar-refractivity contribution in [2.24, 2.45) is 0 Å². The Balaban J connectivity index is 2.77. The van der Waals surface area contributed by atoms with Gasteiger partial charge >= 0.3 is 11.9 Å². The second-order valence-corrected chi connectivity index (χ2v) is 4.26. The molecule has 0 saturated carbocycles. The maximum Gasteiger partial charge on any atom is 0.333 e. The van der Waals surface area contributed by atoms with Crippen LogP contribution in [-0.4, -0.2) is 86.0 Å². The summed E-state index contributed by atoms with van der Waals surface area (Å²) in [6.45, 7) is -0.707. The van der Waals surface area contributed by atoms with E-state index in [1.54, 1.807) is 0 Å². The number of carboxylic acids is 2. The first-order chi connectivity index (χ1) is 9.27. The number of aliphatic hydroxyl groups excluding tert-OH is 4. The van der Waals surface area contributed by atoms with E-state index in [-0.39, 0.29) is 0 Å². The van der Waals surface area contributed by atoms with E-state index in [1.165, 1.54) is 0 Å². The molecule has 10 nitrogen and oxygen atoms in total. The molecular formula is C10H16O10. The van der Waals surface area contributed by atoms with E-state index in [2.05, 4.69) is 0 Å². The second-order valence-electron chi connectivity index (χ2n) is 4.26. The highest BCUT2D eigenvalue weighted by Gasteiger charge is 2.45. The summed E-state index contributed by atoms with van der Waals surface area (Å²) >= 11 is 0. The van der Waals surface area contributed by atoms with Crippen LogP contribution in [0.15, 0.2) is 0 Å². The summed E-state index contributed by atoms with van der Waals surface area (Å²) in [7, 11) is 0. The van der Waals surface area contributed by atoms with Crippen LogP contribution in [0.2, 0.25) is 0 Å². The summed E-state index contributed by atoms with van der Waals surface area (Å²) in [6.07, 6.45) is -10.8. The topological polar surface area (TPSA) is 174 Å². The molecule has 0 aliphatic carbocycles. The fourth-order valence-electron chi connectivity index (χ4n) is 1.69. The van der Waals surface area contributed by atoms with Crippen molar-refractivity contribution in [2.45, 2.75) is 43.2 Å². The quantitative estimate of drug-likeness (QED) is 0.292. The molecule has 0 spiro atoms. The SMILES string of the molecule is O=C(O)C[C@H](O[C@H]1OC(CO)[C@H](O)[C@H](O)C1O)C(=O)O. The summed E-state index contributed by atoms with van der Waals surface area (Å²) in [5, 5.41) is 54.8. The van der Waals surface area contributed by atoms with Crippen molar-refractivity contribution in [1.82, 2.24) is 0 Å². The van der Waals surface area contributed by atoms with Crippen LogP contribution in [0.1, 0.15) is 6.42 Å². The zero-order valence-corrected chi connectivity index (χ0v) is 10.2. The lowest BCUT2D eigenvalue weighted by Gasteiger charge is -2.40. The van der Waals surface area contributed by atoms with Crippen LogP contribution in [-0.2, 0) is 19.1 Å². The molecule has 116 valence electrons. The van der Waals surface area contributed by atoms with Crippen LogP contribution in [0.25, 0.3) is 0 Å². The molecule has 0 aromatic rings. The van der Waals surface area contributed by atoms with Crippen LogP contribution in [0, 0.1) is 0 Å². The molecular weight excluding hydrogens is 280 g/mol. The van der Waals surface area contributed by atoms with Gasteiger partial charge < -0.3 is 40.1 Å². The first kappa shape index (κ1) is 16.8. The van der Waals surface area contributed by atoms with Crippen LogP contribution in [0.3, 0.4) is 0 Å². The molecule has 1 rings (SSSR count). The summed E-state index contributed by atoms with van der Waals surface area (Å²) in [5.41, 5.74) is 0. The Kier molecular flexibility index (Phi) is 5.80. The van der Waals surface area contributed by atoms with E-state index < -0.39 is 61.8 Å². The molecule has 1 aliphatic rings. The van der Waals surface area contributed by atoms with Gasteiger partial charge in [0.25, 0.3) is 0 Å². The smallest absolute Gasteiger partial charge is 0.333 e. The third kappa shape index (κ3) is 3.85. The van der Waals surface area contributed by atoms with Crippen molar-refractivity contribution < 1.29 is 49.7 Å². The predicted octanol–water partition coefficient (Wildman–Crippen LogP) is -3.27. The molecule has 1 fully saturated rings. The van der Waals surface area contributed by atoms with E-state index in [0.717, 1.165) is 0 Å². The summed E-state index contributed by atoms with van der Waals surface area (Å²) < 4.78 is 9.70. The molecule has 6 atom stereocenters. The molecule has 0 aromatic carbocycles. The van der Waals surface area contributed by atoms with Gasteiger partial charge in [0.2, 0.25) is 0 Å². The molecule has 0 radical (unpaired) electrons. The van der Waals surface area contributed by atoms with Crippen LogP contribution < -0.4 is 0 Å². The Morgan fingerprint density at radius 1 is 1.10 bits per heavy atom. The molecule has 0 amide bonds. The van der Waals surface area contributed by atoms with Gasteiger partial charge in [-0.05, 0) is 0 Å². The summed E-state index contributed by atoms with van der Waals surface area (Å²) in [6, 6.07) is 0. The monoisotopic (exact) mass is 296 g/mol. The van der Waals surface area contributed by atoms with E-state index >= 15 is 0 Å². The number of aliphatic carboxylic acids is 2. The Bertz CT molecular complexity index is 356. The van der Waals surface area contributed by atoms with Gasteiger partial charge in [-0.1, -0.05) is 0 Å². The summed E-state index contributed by atoms with van der Waals surface area (Å²) in [5.74, 6) is -3.04. The molecule has 10 heteroatoms. The minimum atomic E-state index is -1.81. The third-order valence-electron chi connectivity index (χ3n) is 2.78. The van der Waals surface area contributed by atoms with E-state index in [0.29, 0.717) is 0 Å². The van der Waals surface area contributed by atoms with Gasteiger partial charge in [-0.3, -0.25) is 4.79 Å². The summed E-state index contributed by atoms with van der Waals surface area (Å²) in [4.78, 5) is 21.3. The number of rotatable bonds is 6. The Morgan fingerprint density at radius 2 is 1.70 bits per heavy atom. The van der Waals surface area contributed by atoms with Crippen molar-refractivity contribution in [1.29, 1.82) is 0 Å². The Hall–Kier alpha value is -1.30. The number of ether oxygens (including phenoxy) is 2. The largest absolute Gasteiger partial charge is 0.481 e. The van der Waals surface area contributed by atoms with Gasteiger partial charge in [0, 0.05) is 0 Å². The van der Waals surface area contributed by atoms with Gasteiger partial charge in [-0.2, -0.15) is 0 Å². The average molecular weight is 296 g/mol. The molecule has 1 heterocycles. The van der Waals surface area contributed by atoms with Gasteiger partial charge in [-0.25, -0.2) is 4.79 Å². The highest BCUT2D eigenvalue weighted by Crippen LogP contribution is 2.23. The van der Waals surface area contributed by atoms with Crippen molar-refractivity contribution in [3.05, 3.63) is 0 Å². The van der Waals surface area contributed by atoms with Crippen molar-refractivity contribution >= 4 is 11.9 Å². The first-order valence-electron chi connectivity index (χ1n) is 5.68. The number of hydrogen-bond donors (Lipinski definition) is 6. The number of hydrogen-bond acceptors (Lipinski definition) is 8. The third-order valence-corrected chi connectivity index (χ3v) is 2.78. The van der Waals surface area contributed by atoms with Gasteiger partial charge in [-0.15, -0.1) is 0 Å². The maximum atomic E-state index is 10.8. The normalized spacial score (nSPS) is 35.5. The molecule has 1 aliphatic heterocycles. The molecule has 0 aromatic heterocycles. The zero-order valence-electron chi connectivity index (χ0n) is 10.2. The highest BCUT2D eigenvalue weighted by atomic mass is 16.7. The average Bonchev–Trinajstić information content (AvgIpc) is 2.37. The lowest BCUT2D eigenvalue weighted by atomic mass is 9.99. The van der Waals surface area contributed by atoms with Crippen LogP contribution >= 0.6 is 0 Å². The minimum absolute atomic E-state index is 0.707. The number of carboxylic acid groups (broad SMARTS) is 2. The number of aliphatic hydroxyl groups is 4. The molecule has 0 bridgehead atoms. The first-order valence-corrected chi connectivity index (χ1v) is 5.68. The fourth-order valence-corrected chi connectivity index (χ4v) is 1.69. The van der Waals surface area contributed by atoms with E-state index in [4.69, 9.17) is 24.8 Å². The van der Waals surface area contributed by atoms with Crippen LogP contribution in [0.5, 0.6) is 0 Å². The lowest BCUT2D eigenvalue weighted by molar-refractivity contribution is -0.310. The second kappa shape index (κ2) is 6.92. The number of carbonyl (C=O) groups is 2. The zero-order chi connectivity index (χ0) is 15.4. The van der Waals surface area contributed by atoms with E-state index in [1.807, 2.05) is 0 Å². The van der Waals surface area contributed by atoms with Crippen LogP contribution in [0.4, 0.5) is 0 Å². The van der Waals surface area contributed by atoms with Gasteiger partial charge in [0.15, 0.2) is 12.4 Å². The van der Waals surface area contributed by atoms with Gasteiger partial charge in [0.05, 0.1) is 13.0 Å². The predicted molar refractivity (Wildman–Crippen MR) is 58.5 cm³/mol. The van der Waals surface area contributed by atoms with Gasteiger partial charge in [0.1, 0.15) is 24.4 Å². The van der Waals surface area contributed by atoms with Crippen molar-refractivity contribution in [2.75, 3.05) is 6.61 Å². The Labute approximate surface area is 112 Å². The lowest BCUT2D eigenvalue weighted by Crippen LogP contribution is -2.60. The maximum absolute atomic E-state index is 10.8. The minimum Gasteiger partial charge on any atom is -0.481 e. The molecule has 6 N–H and O–H groups in total. The van der Waals surface area contributed by atoms with Crippen molar-refractivity contribution in [3.63, 3.8) is 0 Å². The molecule has 2 unspecified atom stereocenters.